The van der Waals surface area contributed by atoms with E-state index >= 15 is 0 Å². The maximum Gasteiger partial charge on any atom is 0.278 e. The number of pyridine rings is 1. The maximum atomic E-state index is 11.0. The summed E-state index contributed by atoms with van der Waals surface area (Å²) in [6.07, 6.45) is 4.23. The molecule has 0 bridgehead atoms. The van der Waals surface area contributed by atoms with Crippen molar-refractivity contribution >= 4 is 22.3 Å². The van der Waals surface area contributed by atoms with Crippen LogP contribution in [0.2, 0.25) is 0 Å². The molecule has 2 N–H and O–H groups in total. The van der Waals surface area contributed by atoms with Gasteiger partial charge in [-0.05, 0) is 37.5 Å². The third kappa shape index (κ3) is 2.18. The van der Waals surface area contributed by atoms with Gasteiger partial charge in [0, 0.05) is 18.8 Å². The average molecular weight is 273 g/mol. The predicted molar refractivity (Wildman–Crippen MR) is 75.7 cm³/mol. The van der Waals surface area contributed by atoms with Crippen LogP contribution >= 0.6 is 0 Å². The molecular formula is C14H15N3O3. The van der Waals surface area contributed by atoms with E-state index in [1.807, 2.05) is 0 Å². The molecule has 2 aromatic rings. The second-order valence-corrected chi connectivity index (χ2v) is 5.22. The topological polar surface area (TPSA) is 88.3 Å². The monoisotopic (exact) mass is 273 g/mol. The average Bonchev–Trinajstić information content (AvgIpc) is 2.42. The highest BCUT2D eigenvalue weighted by molar-refractivity contribution is 5.96. The van der Waals surface area contributed by atoms with Gasteiger partial charge in [-0.15, -0.1) is 0 Å². The van der Waals surface area contributed by atoms with E-state index in [0.29, 0.717) is 23.1 Å². The molecule has 6 heteroatoms. The van der Waals surface area contributed by atoms with Crippen molar-refractivity contribution in [3.8, 4) is 0 Å². The molecule has 1 aliphatic rings. The summed E-state index contributed by atoms with van der Waals surface area (Å²) in [7, 11) is 0. The van der Waals surface area contributed by atoms with Gasteiger partial charge in [0.2, 0.25) is 0 Å². The van der Waals surface area contributed by atoms with Crippen LogP contribution in [-0.4, -0.2) is 27.2 Å². The van der Waals surface area contributed by atoms with Crippen LogP contribution in [-0.2, 0) is 0 Å². The smallest absolute Gasteiger partial charge is 0.278 e. The Morgan fingerprint density at radius 2 is 2.20 bits per heavy atom. The minimum absolute atomic E-state index is 0.0426. The Morgan fingerprint density at radius 1 is 1.40 bits per heavy atom. The molecule has 1 aromatic heterocycles. The highest BCUT2D eigenvalue weighted by Gasteiger charge is 2.34. The highest BCUT2D eigenvalue weighted by atomic mass is 16.6. The second kappa shape index (κ2) is 4.72. The number of anilines is 1. The molecule has 1 fully saturated rings. The van der Waals surface area contributed by atoms with Gasteiger partial charge in [-0.3, -0.25) is 15.1 Å². The molecule has 1 aromatic carbocycles. The zero-order valence-corrected chi connectivity index (χ0v) is 10.9. The summed E-state index contributed by atoms with van der Waals surface area (Å²) in [5.41, 5.74) is 0.667. The van der Waals surface area contributed by atoms with Gasteiger partial charge in [0.1, 0.15) is 5.52 Å². The fraction of sp³-hybridized carbons (Fsp3) is 0.357. The number of nitro groups is 1. The Labute approximate surface area is 115 Å². The predicted octanol–water partition coefficient (Wildman–Crippen LogP) is 2.47. The third-order valence-electron chi connectivity index (χ3n) is 3.84. The van der Waals surface area contributed by atoms with E-state index < -0.39 is 10.5 Å². The van der Waals surface area contributed by atoms with Gasteiger partial charge in [-0.2, -0.15) is 0 Å². The number of hydrogen-bond donors (Lipinski definition) is 2. The fourth-order valence-electron chi connectivity index (χ4n) is 2.48. The first kappa shape index (κ1) is 12.8. The van der Waals surface area contributed by atoms with Crippen LogP contribution in [0.1, 0.15) is 19.3 Å². The van der Waals surface area contributed by atoms with Gasteiger partial charge in [-0.1, -0.05) is 0 Å². The lowest BCUT2D eigenvalue weighted by atomic mass is 9.80. The minimum atomic E-state index is -0.650. The van der Waals surface area contributed by atoms with Crippen molar-refractivity contribution in [2.24, 2.45) is 0 Å². The summed E-state index contributed by atoms with van der Waals surface area (Å²) in [5, 5.41) is 24.8. The molecule has 1 heterocycles. The third-order valence-corrected chi connectivity index (χ3v) is 3.84. The van der Waals surface area contributed by atoms with Crippen LogP contribution in [0.15, 0.2) is 30.5 Å². The molecule has 0 spiro atoms. The largest absolute Gasteiger partial charge is 0.388 e. The fourth-order valence-corrected chi connectivity index (χ4v) is 2.48. The lowest BCUT2D eigenvalue weighted by Crippen LogP contribution is -2.43. The van der Waals surface area contributed by atoms with Crippen molar-refractivity contribution in [1.29, 1.82) is 0 Å². The van der Waals surface area contributed by atoms with Gasteiger partial charge in [0.25, 0.3) is 5.69 Å². The lowest BCUT2D eigenvalue weighted by molar-refractivity contribution is -0.383. The van der Waals surface area contributed by atoms with Crippen molar-refractivity contribution < 1.29 is 10.0 Å². The zero-order chi connectivity index (χ0) is 14.2. The van der Waals surface area contributed by atoms with Gasteiger partial charge in [0.15, 0.2) is 0 Å². The number of hydrogen-bond acceptors (Lipinski definition) is 5. The molecule has 0 amide bonds. The van der Waals surface area contributed by atoms with Crippen LogP contribution in [0.25, 0.3) is 10.9 Å². The molecule has 6 nitrogen and oxygen atoms in total. The quantitative estimate of drug-likeness (QED) is 0.660. The van der Waals surface area contributed by atoms with E-state index in [1.54, 1.807) is 24.4 Å². The maximum absolute atomic E-state index is 11.0. The lowest BCUT2D eigenvalue weighted by Gasteiger charge is -2.36. The van der Waals surface area contributed by atoms with Crippen LogP contribution in [0.3, 0.4) is 0 Å². The van der Waals surface area contributed by atoms with Crippen molar-refractivity contribution in [3.63, 3.8) is 0 Å². The summed E-state index contributed by atoms with van der Waals surface area (Å²) in [6, 6.07) is 6.48. The van der Waals surface area contributed by atoms with E-state index in [1.165, 1.54) is 6.07 Å². The van der Waals surface area contributed by atoms with Gasteiger partial charge in [-0.25, -0.2) is 0 Å². The van der Waals surface area contributed by atoms with Crippen molar-refractivity contribution in [2.75, 3.05) is 11.9 Å². The number of rotatable bonds is 4. The highest BCUT2D eigenvalue weighted by Crippen LogP contribution is 2.34. The molecule has 0 saturated heterocycles. The van der Waals surface area contributed by atoms with Gasteiger partial charge >= 0.3 is 0 Å². The Morgan fingerprint density at radius 3 is 2.85 bits per heavy atom. The Balaban J connectivity index is 1.95. The zero-order valence-electron chi connectivity index (χ0n) is 10.9. The van der Waals surface area contributed by atoms with Crippen LogP contribution in [0, 0.1) is 10.1 Å². The molecule has 1 aliphatic carbocycles. The standard InChI is InChI=1S/C14H15N3O3/c18-14(6-2-7-14)9-16-11-4-5-12(17(19)20)10-3-1-8-15-13(10)11/h1,3-5,8,16,18H,2,6-7,9H2. The molecular weight excluding hydrogens is 258 g/mol. The number of nitrogens with one attached hydrogen (secondary N) is 1. The number of aliphatic hydroxyl groups is 1. The van der Waals surface area contributed by atoms with Crippen molar-refractivity contribution in [2.45, 2.75) is 24.9 Å². The molecule has 104 valence electrons. The van der Waals surface area contributed by atoms with Crippen molar-refractivity contribution in [3.05, 3.63) is 40.6 Å². The molecule has 0 radical (unpaired) electrons. The first-order valence-electron chi connectivity index (χ1n) is 6.57. The molecule has 20 heavy (non-hydrogen) atoms. The van der Waals surface area contributed by atoms with E-state index in [-0.39, 0.29) is 5.69 Å². The number of aromatic nitrogens is 1. The summed E-state index contributed by atoms with van der Waals surface area (Å²) in [5.74, 6) is 0. The van der Waals surface area contributed by atoms with Crippen LogP contribution < -0.4 is 5.32 Å². The Hall–Kier alpha value is -2.21. The van der Waals surface area contributed by atoms with E-state index in [2.05, 4.69) is 10.3 Å². The Bertz CT molecular complexity index is 668. The van der Waals surface area contributed by atoms with Crippen LogP contribution in [0.4, 0.5) is 11.4 Å². The van der Waals surface area contributed by atoms with Gasteiger partial charge < -0.3 is 10.4 Å². The van der Waals surface area contributed by atoms with Crippen molar-refractivity contribution in [1.82, 2.24) is 4.98 Å². The molecule has 0 aliphatic heterocycles. The first-order valence-corrected chi connectivity index (χ1v) is 6.57. The number of nitrogens with zero attached hydrogens (tertiary/aromatic N) is 2. The van der Waals surface area contributed by atoms with Gasteiger partial charge in [0.05, 0.1) is 21.6 Å². The molecule has 0 unspecified atom stereocenters. The summed E-state index contributed by atoms with van der Waals surface area (Å²) in [4.78, 5) is 14.8. The first-order chi connectivity index (χ1) is 9.59. The summed E-state index contributed by atoms with van der Waals surface area (Å²) in [6.45, 7) is 0.441. The van der Waals surface area contributed by atoms with E-state index in [0.717, 1.165) is 19.3 Å². The molecule has 1 saturated carbocycles. The second-order valence-electron chi connectivity index (χ2n) is 5.22. The molecule has 0 atom stereocenters. The number of non-ortho nitro benzene ring substituents is 1. The SMILES string of the molecule is O=[N+]([O-])c1ccc(NCC2(O)CCC2)c2ncccc12. The minimum Gasteiger partial charge on any atom is -0.388 e. The number of benzene rings is 1. The Kier molecular flexibility index (Phi) is 3.02. The molecule has 3 rings (SSSR count). The summed E-state index contributed by atoms with van der Waals surface area (Å²) >= 11 is 0. The number of nitro benzene ring substituents is 1. The van der Waals surface area contributed by atoms with E-state index in [4.69, 9.17) is 0 Å². The van der Waals surface area contributed by atoms with Crippen LogP contribution in [0.5, 0.6) is 0 Å². The summed E-state index contributed by atoms with van der Waals surface area (Å²) < 4.78 is 0. The number of fused-ring (bicyclic) bond motifs is 1. The van der Waals surface area contributed by atoms with E-state index in [9.17, 15) is 15.2 Å². The normalized spacial score (nSPS) is 16.6.